The second kappa shape index (κ2) is 9.98. The normalized spacial score (nSPS) is 13.5. The highest BCUT2D eigenvalue weighted by Gasteiger charge is 2.06. The van der Waals surface area contributed by atoms with Gasteiger partial charge in [0.1, 0.15) is 5.82 Å². The Labute approximate surface area is 153 Å². The fourth-order valence-corrected chi connectivity index (χ4v) is 2.71. The molecule has 0 aliphatic heterocycles. The van der Waals surface area contributed by atoms with Crippen LogP contribution in [-0.2, 0) is 6.42 Å². The zero-order valence-corrected chi connectivity index (χ0v) is 16.4. The highest BCUT2D eigenvalue weighted by Crippen LogP contribution is 2.25. The number of allylic oxidation sites excluding steroid dienone is 8. The van der Waals surface area contributed by atoms with Gasteiger partial charge in [-0.3, -0.25) is 0 Å². The molecule has 0 unspecified atom stereocenters. The van der Waals surface area contributed by atoms with Gasteiger partial charge >= 0.3 is 0 Å². The van der Waals surface area contributed by atoms with Crippen LogP contribution >= 0.6 is 0 Å². The molecule has 0 atom stereocenters. The van der Waals surface area contributed by atoms with Gasteiger partial charge in [0.15, 0.2) is 0 Å². The third-order valence-electron chi connectivity index (χ3n) is 4.65. The summed E-state index contributed by atoms with van der Waals surface area (Å²) in [6.45, 7) is 18.9. The summed E-state index contributed by atoms with van der Waals surface area (Å²) in [6.07, 6.45) is 6.99. The molecule has 0 aliphatic rings. The topological polar surface area (TPSA) is 0 Å². The van der Waals surface area contributed by atoms with E-state index in [4.69, 9.17) is 0 Å². The van der Waals surface area contributed by atoms with Crippen LogP contribution in [0, 0.1) is 5.82 Å². The molecule has 0 spiro atoms. The van der Waals surface area contributed by atoms with Crippen molar-refractivity contribution in [2.75, 3.05) is 0 Å². The Morgan fingerprint density at radius 3 is 2.36 bits per heavy atom. The summed E-state index contributed by atoms with van der Waals surface area (Å²) in [5.74, 6) is -0.172. The van der Waals surface area contributed by atoms with E-state index in [0.29, 0.717) is 0 Å². The van der Waals surface area contributed by atoms with Crippen molar-refractivity contribution in [1.29, 1.82) is 0 Å². The quantitative estimate of drug-likeness (QED) is 0.430. The van der Waals surface area contributed by atoms with Gasteiger partial charge in [0, 0.05) is 0 Å². The molecule has 0 N–H and O–H groups in total. The van der Waals surface area contributed by atoms with Crippen LogP contribution in [0.2, 0.25) is 0 Å². The molecular weight excluding hydrogens is 307 g/mol. The standard InChI is InChI=1S/C24H31F/c1-8-18(4)21(7)20(6)15-24(17(2)3)19(5)11-9-12-22-13-10-14-23(25)16-22/h8,10,13-16H,2,5,9,11-12H2,1,3-4,6-7H3/b18-8+,21-20+,24-15-. The third-order valence-corrected chi connectivity index (χ3v) is 4.65. The Kier molecular flexibility index (Phi) is 8.34. The van der Waals surface area contributed by atoms with Gasteiger partial charge in [-0.05, 0) is 93.9 Å². The number of halogens is 1. The molecular formula is C24H31F. The first-order valence-corrected chi connectivity index (χ1v) is 8.87. The summed E-state index contributed by atoms with van der Waals surface area (Å²) >= 11 is 0. The van der Waals surface area contributed by atoms with Gasteiger partial charge in [-0.1, -0.05) is 48.6 Å². The predicted octanol–water partition coefficient (Wildman–Crippen LogP) is 7.51. The maximum atomic E-state index is 13.3. The van der Waals surface area contributed by atoms with Crippen LogP contribution in [0.3, 0.4) is 0 Å². The van der Waals surface area contributed by atoms with Gasteiger partial charge in [-0.2, -0.15) is 0 Å². The Morgan fingerprint density at radius 2 is 1.80 bits per heavy atom. The van der Waals surface area contributed by atoms with Crippen molar-refractivity contribution < 1.29 is 4.39 Å². The van der Waals surface area contributed by atoms with Crippen molar-refractivity contribution >= 4 is 0 Å². The number of rotatable bonds is 8. The third kappa shape index (κ3) is 6.70. The number of benzene rings is 1. The second-order valence-electron chi connectivity index (χ2n) is 6.71. The molecule has 0 radical (unpaired) electrons. The second-order valence-corrected chi connectivity index (χ2v) is 6.71. The first kappa shape index (κ1) is 20.9. The van der Waals surface area contributed by atoms with Crippen molar-refractivity contribution in [3.63, 3.8) is 0 Å². The summed E-state index contributed by atoms with van der Waals surface area (Å²) in [7, 11) is 0. The van der Waals surface area contributed by atoms with Crippen LogP contribution in [0.25, 0.3) is 0 Å². The van der Waals surface area contributed by atoms with E-state index in [-0.39, 0.29) is 5.82 Å². The molecule has 0 saturated carbocycles. The van der Waals surface area contributed by atoms with Gasteiger partial charge in [-0.15, -0.1) is 0 Å². The smallest absolute Gasteiger partial charge is 0.123 e. The lowest BCUT2D eigenvalue weighted by Crippen LogP contribution is -1.95. The molecule has 0 bridgehead atoms. The van der Waals surface area contributed by atoms with Crippen molar-refractivity contribution in [2.45, 2.75) is 53.9 Å². The molecule has 134 valence electrons. The van der Waals surface area contributed by atoms with E-state index in [9.17, 15) is 4.39 Å². The number of aryl methyl sites for hydroxylation is 1. The Morgan fingerprint density at radius 1 is 1.12 bits per heavy atom. The lowest BCUT2D eigenvalue weighted by atomic mass is 9.92. The molecule has 1 aromatic carbocycles. The molecule has 0 saturated heterocycles. The largest absolute Gasteiger partial charge is 0.207 e. The van der Waals surface area contributed by atoms with E-state index in [2.05, 4.69) is 53.0 Å². The van der Waals surface area contributed by atoms with Gasteiger partial charge in [0.2, 0.25) is 0 Å². The fourth-order valence-electron chi connectivity index (χ4n) is 2.71. The van der Waals surface area contributed by atoms with E-state index in [1.54, 1.807) is 12.1 Å². The zero-order valence-electron chi connectivity index (χ0n) is 16.4. The van der Waals surface area contributed by atoms with Gasteiger partial charge < -0.3 is 0 Å². The minimum atomic E-state index is -0.172. The molecule has 0 aromatic heterocycles. The van der Waals surface area contributed by atoms with Crippen LogP contribution in [0.5, 0.6) is 0 Å². The van der Waals surface area contributed by atoms with Crippen molar-refractivity contribution in [1.82, 2.24) is 0 Å². The monoisotopic (exact) mass is 338 g/mol. The lowest BCUT2D eigenvalue weighted by molar-refractivity contribution is 0.624. The molecule has 25 heavy (non-hydrogen) atoms. The first-order valence-electron chi connectivity index (χ1n) is 8.87. The number of hydrogen-bond donors (Lipinski definition) is 0. The molecule has 1 aromatic rings. The van der Waals surface area contributed by atoms with Crippen LogP contribution in [0.1, 0.15) is 53.0 Å². The van der Waals surface area contributed by atoms with E-state index in [0.717, 1.165) is 41.5 Å². The molecule has 0 aliphatic carbocycles. The van der Waals surface area contributed by atoms with Gasteiger partial charge in [0.05, 0.1) is 0 Å². The molecule has 0 fully saturated rings. The van der Waals surface area contributed by atoms with E-state index >= 15 is 0 Å². The minimum absolute atomic E-state index is 0.172. The van der Waals surface area contributed by atoms with Crippen LogP contribution in [0.15, 0.2) is 83.0 Å². The molecule has 1 heteroatoms. The molecule has 0 nitrogen and oxygen atoms in total. The van der Waals surface area contributed by atoms with Gasteiger partial charge in [0.25, 0.3) is 0 Å². The first-order chi connectivity index (χ1) is 11.8. The lowest BCUT2D eigenvalue weighted by Gasteiger charge is -2.13. The average molecular weight is 339 g/mol. The average Bonchev–Trinajstić information content (AvgIpc) is 2.57. The van der Waals surface area contributed by atoms with Crippen LogP contribution in [0.4, 0.5) is 4.39 Å². The highest BCUT2D eigenvalue weighted by molar-refractivity contribution is 5.49. The number of hydrogen-bond acceptors (Lipinski definition) is 0. The van der Waals surface area contributed by atoms with Crippen LogP contribution < -0.4 is 0 Å². The Bertz CT molecular complexity index is 726. The molecule has 0 amide bonds. The van der Waals surface area contributed by atoms with E-state index < -0.39 is 0 Å². The molecule has 0 heterocycles. The highest BCUT2D eigenvalue weighted by atomic mass is 19.1. The summed E-state index contributed by atoms with van der Waals surface area (Å²) in [4.78, 5) is 0. The van der Waals surface area contributed by atoms with Crippen LogP contribution in [-0.4, -0.2) is 0 Å². The van der Waals surface area contributed by atoms with Gasteiger partial charge in [-0.25, -0.2) is 4.39 Å². The maximum absolute atomic E-state index is 13.3. The zero-order chi connectivity index (χ0) is 19.0. The van der Waals surface area contributed by atoms with Crippen molar-refractivity contribution in [2.24, 2.45) is 0 Å². The summed E-state index contributed by atoms with van der Waals surface area (Å²) in [5, 5.41) is 0. The predicted molar refractivity (Wildman–Crippen MR) is 109 cm³/mol. The van der Waals surface area contributed by atoms with E-state index in [1.165, 1.54) is 22.8 Å². The minimum Gasteiger partial charge on any atom is -0.207 e. The maximum Gasteiger partial charge on any atom is 0.123 e. The Hall–Kier alpha value is -2.15. The summed E-state index contributed by atoms with van der Waals surface area (Å²) in [6, 6.07) is 6.82. The molecule has 1 rings (SSSR count). The van der Waals surface area contributed by atoms with Crippen molar-refractivity contribution in [3.8, 4) is 0 Å². The fraction of sp³-hybridized carbons (Fsp3) is 0.333. The summed E-state index contributed by atoms with van der Waals surface area (Å²) < 4.78 is 13.3. The Balaban J connectivity index is 2.83. The van der Waals surface area contributed by atoms with E-state index in [1.807, 2.05) is 13.0 Å². The SMILES string of the molecule is C=C(C)/C(=C/C(C)=C(C)/C(C)=C/C)C(=C)CCCc1cccc(F)c1. The van der Waals surface area contributed by atoms with Crippen molar-refractivity contribution in [3.05, 3.63) is 94.4 Å². The summed E-state index contributed by atoms with van der Waals surface area (Å²) in [5.41, 5.74) is 8.08.